The van der Waals surface area contributed by atoms with Crippen molar-refractivity contribution in [3.8, 4) is 0 Å². The highest BCUT2D eigenvalue weighted by molar-refractivity contribution is 5.91. The summed E-state index contributed by atoms with van der Waals surface area (Å²) in [5, 5.41) is 3.68. The Bertz CT molecular complexity index is 1050. The van der Waals surface area contributed by atoms with E-state index in [0.29, 0.717) is 16.9 Å². The van der Waals surface area contributed by atoms with Crippen molar-refractivity contribution in [3.63, 3.8) is 0 Å². The van der Waals surface area contributed by atoms with Gasteiger partial charge in [-0.15, -0.1) is 0 Å². The lowest BCUT2D eigenvalue weighted by molar-refractivity contribution is -0.144. The number of hydrogen-bond donors (Lipinski definition) is 1. The smallest absolute Gasteiger partial charge is 0.337 e. The molecule has 0 fully saturated rings. The Labute approximate surface area is 173 Å². The second-order valence-electron chi connectivity index (χ2n) is 6.53. The van der Waals surface area contributed by atoms with E-state index >= 15 is 0 Å². The van der Waals surface area contributed by atoms with Crippen LogP contribution in [0.1, 0.15) is 34.6 Å². The van der Waals surface area contributed by atoms with Gasteiger partial charge in [-0.1, -0.05) is 30.3 Å². The Hall–Kier alpha value is -3.87. The summed E-state index contributed by atoms with van der Waals surface area (Å²) in [6.07, 6.45) is 2.74. The van der Waals surface area contributed by atoms with Gasteiger partial charge in [-0.2, -0.15) is 0 Å². The molecule has 3 rings (SSSR count). The highest BCUT2D eigenvalue weighted by Gasteiger charge is 2.15. The lowest BCUT2D eigenvalue weighted by atomic mass is 10.1. The zero-order valence-corrected chi connectivity index (χ0v) is 16.6. The van der Waals surface area contributed by atoms with Gasteiger partial charge < -0.3 is 19.2 Å². The molecule has 1 heterocycles. The molecule has 0 saturated carbocycles. The van der Waals surface area contributed by atoms with Gasteiger partial charge in [0.25, 0.3) is 5.91 Å². The van der Waals surface area contributed by atoms with Crippen molar-refractivity contribution >= 4 is 34.9 Å². The monoisotopic (exact) mass is 407 g/mol. The van der Waals surface area contributed by atoms with Crippen LogP contribution in [0.25, 0.3) is 17.0 Å². The van der Waals surface area contributed by atoms with Gasteiger partial charge in [0.1, 0.15) is 11.3 Å². The lowest BCUT2D eigenvalue weighted by Crippen LogP contribution is -2.30. The first-order chi connectivity index (χ1) is 14.5. The van der Waals surface area contributed by atoms with Crippen LogP contribution < -0.4 is 5.32 Å². The molecule has 0 aliphatic heterocycles. The summed E-state index contributed by atoms with van der Waals surface area (Å²) in [7, 11) is 1.31. The zero-order chi connectivity index (χ0) is 21.5. The number of hydrogen-bond acceptors (Lipinski definition) is 6. The summed E-state index contributed by atoms with van der Waals surface area (Å²) in [5.74, 6) is -0.912. The molecule has 154 valence electrons. The maximum absolute atomic E-state index is 12.1. The van der Waals surface area contributed by atoms with Crippen molar-refractivity contribution in [3.05, 3.63) is 77.6 Å². The average molecular weight is 407 g/mol. The Balaban J connectivity index is 1.47. The van der Waals surface area contributed by atoms with E-state index in [4.69, 9.17) is 9.15 Å². The SMILES string of the molecule is COC(=O)c1ccc(/C=C/C(=O)OCC(=O)N[C@H](C)c2cc3ccccc3o2)cc1. The third kappa shape index (κ3) is 5.35. The number of esters is 2. The van der Waals surface area contributed by atoms with Gasteiger partial charge in [0.2, 0.25) is 0 Å². The van der Waals surface area contributed by atoms with Crippen molar-refractivity contribution in [2.24, 2.45) is 0 Å². The highest BCUT2D eigenvalue weighted by Crippen LogP contribution is 2.23. The molecule has 1 N–H and O–H groups in total. The van der Waals surface area contributed by atoms with E-state index in [1.165, 1.54) is 19.3 Å². The Morgan fingerprint density at radius 1 is 1.10 bits per heavy atom. The van der Waals surface area contributed by atoms with Crippen LogP contribution in [0.2, 0.25) is 0 Å². The number of nitrogens with one attached hydrogen (secondary N) is 1. The van der Waals surface area contributed by atoms with Gasteiger partial charge in [0, 0.05) is 11.5 Å². The van der Waals surface area contributed by atoms with Crippen molar-refractivity contribution in [2.75, 3.05) is 13.7 Å². The van der Waals surface area contributed by atoms with E-state index in [1.54, 1.807) is 31.2 Å². The second-order valence-corrected chi connectivity index (χ2v) is 6.53. The molecular weight excluding hydrogens is 386 g/mol. The van der Waals surface area contributed by atoms with Crippen LogP contribution in [0.5, 0.6) is 0 Å². The first-order valence-electron chi connectivity index (χ1n) is 9.27. The maximum Gasteiger partial charge on any atom is 0.337 e. The molecule has 0 unspecified atom stereocenters. The maximum atomic E-state index is 12.1. The van der Waals surface area contributed by atoms with E-state index < -0.39 is 24.5 Å². The number of para-hydroxylation sites is 1. The Morgan fingerprint density at radius 3 is 2.53 bits per heavy atom. The first-order valence-corrected chi connectivity index (χ1v) is 9.27. The second kappa shape index (κ2) is 9.56. The number of carbonyl (C=O) groups excluding carboxylic acids is 3. The summed E-state index contributed by atoms with van der Waals surface area (Å²) in [4.78, 5) is 35.3. The Morgan fingerprint density at radius 2 is 1.83 bits per heavy atom. The van der Waals surface area contributed by atoms with Gasteiger partial charge in [-0.25, -0.2) is 9.59 Å². The molecule has 1 amide bonds. The van der Waals surface area contributed by atoms with E-state index in [2.05, 4.69) is 10.1 Å². The molecule has 7 heteroatoms. The number of carbonyl (C=O) groups is 3. The van der Waals surface area contributed by atoms with Gasteiger partial charge in [0.15, 0.2) is 6.61 Å². The van der Waals surface area contributed by atoms with Crippen molar-refractivity contribution in [1.29, 1.82) is 0 Å². The fourth-order valence-electron chi connectivity index (χ4n) is 2.77. The summed E-state index contributed by atoms with van der Waals surface area (Å²) in [6.45, 7) is 1.38. The minimum atomic E-state index is -0.654. The van der Waals surface area contributed by atoms with Crippen molar-refractivity contribution in [1.82, 2.24) is 5.32 Å². The molecule has 0 aliphatic rings. The largest absolute Gasteiger partial charge is 0.465 e. The van der Waals surface area contributed by atoms with Crippen LogP contribution in [0.4, 0.5) is 0 Å². The van der Waals surface area contributed by atoms with Gasteiger partial charge in [-0.3, -0.25) is 4.79 Å². The van der Waals surface area contributed by atoms with Crippen LogP contribution in [0.3, 0.4) is 0 Å². The summed E-state index contributed by atoms with van der Waals surface area (Å²) >= 11 is 0. The molecule has 1 aromatic heterocycles. The highest BCUT2D eigenvalue weighted by atomic mass is 16.5. The van der Waals surface area contributed by atoms with Crippen LogP contribution in [0.15, 0.2) is 65.1 Å². The van der Waals surface area contributed by atoms with Crippen LogP contribution in [-0.2, 0) is 19.1 Å². The number of ether oxygens (including phenoxy) is 2. The lowest BCUT2D eigenvalue weighted by Gasteiger charge is -2.11. The Kier molecular flexibility index (Phi) is 6.64. The van der Waals surface area contributed by atoms with E-state index in [1.807, 2.05) is 30.3 Å². The molecule has 0 radical (unpaired) electrons. The van der Waals surface area contributed by atoms with E-state index in [0.717, 1.165) is 11.0 Å². The van der Waals surface area contributed by atoms with Crippen molar-refractivity contribution in [2.45, 2.75) is 13.0 Å². The fourth-order valence-corrected chi connectivity index (χ4v) is 2.77. The molecule has 2 aromatic carbocycles. The van der Waals surface area contributed by atoms with E-state index in [9.17, 15) is 14.4 Å². The number of rotatable bonds is 7. The van der Waals surface area contributed by atoms with E-state index in [-0.39, 0.29) is 6.04 Å². The molecule has 1 atom stereocenters. The first kappa shape index (κ1) is 20.9. The molecule has 0 bridgehead atoms. The quantitative estimate of drug-likeness (QED) is 0.475. The molecule has 30 heavy (non-hydrogen) atoms. The summed E-state index contributed by atoms with van der Waals surface area (Å²) in [5.41, 5.74) is 1.85. The third-order valence-corrected chi connectivity index (χ3v) is 4.34. The topological polar surface area (TPSA) is 94.8 Å². The number of furan rings is 1. The zero-order valence-electron chi connectivity index (χ0n) is 16.6. The fraction of sp³-hybridized carbons (Fsp3) is 0.174. The molecule has 0 saturated heterocycles. The van der Waals surface area contributed by atoms with Gasteiger partial charge in [0.05, 0.1) is 18.7 Å². The summed E-state index contributed by atoms with van der Waals surface area (Å²) < 4.78 is 15.3. The minimum absolute atomic E-state index is 0.368. The molecular formula is C23H21NO6. The molecule has 0 spiro atoms. The predicted octanol–water partition coefficient (Wildman–Crippen LogP) is 3.65. The van der Waals surface area contributed by atoms with Crippen LogP contribution in [0, 0.1) is 0 Å². The number of amides is 1. The normalized spacial score (nSPS) is 11.9. The molecule has 0 aliphatic carbocycles. The predicted molar refractivity (Wildman–Crippen MR) is 111 cm³/mol. The van der Waals surface area contributed by atoms with Crippen LogP contribution >= 0.6 is 0 Å². The minimum Gasteiger partial charge on any atom is -0.465 e. The van der Waals surface area contributed by atoms with Crippen molar-refractivity contribution < 1.29 is 28.3 Å². The number of methoxy groups -OCH3 is 1. The number of benzene rings is 2. The number of fused-ring (bicyclic) bond motifs is 1. The molecule has 3 aromatic rings. The van der Waals surface area contributed by atoms with Gasteiger partial charge >= 0.3 is 11.9 Å². The average Bonchev–Trinajstić information content (AvgIpc) is 3.20. The standard InChI is InChI=1S/C23H21NO6/c1-15(20-13-18-5-3-4-6-19(18)30-20)24-21(25)14-29-22(26)12-9-16-7-10-17(11-8-16)23(27)28-2/h3-13,15H,14H2,1-2H3,(H,24,25)/b12-9+/t15-/m1/s1. The van der Waals surface area contributed by atoms with Crippen LogP contribution in [-0.4, -0.2) is 31.6 Å². The molecule has 7 nitrogen and oxygen atoms in total. The third-order valence-electron chi connectivity index (χ3n) is 4.34. The summed E-state index contributed by atoms with van der Waals surface area (Å²) in [6, 6.07) is 15.6. The van der Waals surface area contributed by atoms with Gasteiger partial charge in [-0.05, 0) is 42.8 Å².